The highest BCUT2D eigenvalue weighted by atomic mass is 32.1. The van der Waals surface area contributed by atoms with E-state index in [1.54, 1.807) is 11.3 Å². The van der Waals surface area contributed by atoms with Crippen molar-refractivity contribution in [1.82, 2.24) is 4.98 Å². The molecule has 8 rings (SSSR count). The zero-order chi connectivity index (χ0) is 27.9. The first-order chi connectivity index (χ1) is 20.8. The van der Waals surface area contributed by atoms with Crippen LogP contribution in [-0.2, 0) is 0 Å². The predicted molar refractivity (Wildman–Crippen MR) is 180 cm³/mol. The monoisotopic (exact) mass is 554 g/mol. The number of benzene rings is 6. The molecule has 0 spiro atoms. The van der Waals surface area contributed by atoms with Crippen LogP contribution in [0.5, 0.6) is 0 Å². The zero-order valence-corrected chi connectivity index (χ0v) is 23.6. The minimum atomic E-state index is 1.06. The second-order valence-corrected chi connectivity index (χ2v) is 11.5. The molecule has 0 radical (unpaired) electrons. The standard InChI is InChI=1S/C39H26N2S/c1-3-9-27(10-4-1)29-18-21-33(22-19-29)41(36-14-7-15-37-38(36)35-13-8-24-40-39(35)42-37)34-23-20-31-25-30(16-17-32(31)26-34)28-11-5-2-6-12-28/h1-26H. The lowest BCUT2D eigenvalue weighted by atomic mass is 10.00. The third kappa shape index (κ3) is 4.32. The second kappa shape index (κ2) is 10.3. The zero-order valence-electron chi connectivity index (χ0n) is 22.8. The first kappa shape index (κ1) is 24.5. The molecule has 8 aromatic rings. The van der Waals surface area contributed by atoms with E-state index < -0.39 is 0 Å². The maximum absolute atomic E-state index is 4.68. The molecule has 0 atom stereocenters. The third-order valence-corrected chi connectivity index (χ3v) is 8.99. The number of pyridine rings is 1. The van der Waals surface area contributed by atoms with E-state index in [9.17, 15) is 0 Å². The number of hydrogen-bond donors (Lipinski definition) is 0. The van der Waals surface area contributed by atoms with Crippen molar-refractivity contribution in [1.29, 1.82) is 0 Å². The summed E-state index contributed by atoms with van der Waals surface area (Å²) in [5.41, 5.74) is 8.27. The molecule has 0 aliphatic heterocycles. The Morgan fingerprint density at radius 1 is 0.476 bits per heavy atom. The molecule has 6 aromatic carbocycles. The fourth-order valence-electron chi connectivity index (χ4n) is 5.87. The maximum Gasteiger partial charge on any atom is 0.124 e. The topological polar surface area (TPSA) is 16.1 Å². The summed E-state index contributed by atoms with van der Waals surface area (Å²) >= 11 is 1.75. The van der Waals surface area contributed by atoms with Crippen molar-refractivity contribution in [2.45, 2.75) is 0 Å². The van der Waals surface area contributed by atoms with Crippen molar-refractivity contribution in [3.63, 3.8) is 0 Å². The van der Waals surface area contributed by atoms with Gasteiger partial charge in [0.2, 0.25) is 0 Å². The van der Waals surface area contributed by atoms with Crippen LogP contribution in [0.3, 0.4) is 0 Å². The Hall–Kier alpha value is -5.25. The van der Waals surface area contributed by atoms with Gasteiger partial charge < -0.3 is 4.90 Å². The normalized spacial score (nSPS) is 11.3. The van der Waals surface area contributed by atoms with Gasteiger partial charge in [-0.1, -0.05) is 97.1 Å². The lowest BCUT2D eigenvalue weighted by Crippen LogP contribution is -2.10. The van der Waals surface area contributed by atoms with Crippen molar-refractivity contribution >= 4 is 59.5 Å². The van der Waals surface area contributed by atoms with Gasteiger partial charge in [-0.2, -0.15) is 0 Å². The molecule has 2 heterocycles. The van der Waals surface area contributed by atoms with E-state index in [0.717, 1.165) is 21.9 Å². The quantitative estimate of drug-likeness (QED) is 0.210. The van der Waals surface area contributed by atoms with Crippen molar-refractivity contribution < 1.29 is 0 Å². The summed E-state index contributed by atoms with van der Waals surface area (Å²) < 4.78 is 1.24. The molecule has 0 aliphatic rings. The van der Waals surface area contributed by atoms with E-state index >= 15 is 0 Å². The molecular formula is C39H26N2S. The number of fused-ring (bicyclic) bond motifs is 4. The van der Waals surface area contributed by atoms with E-state index in [2.05, 4.69) is 155 Å². The average Bonchev–Trinajstić information content (AvgIpc) is 3.45. The highest BCUT2D eigenvalue weighted by molar-refractivity contribution is 7.25. The highest BCUT2D eigenvalue weighted by Crippen LogP contribution is 2.45. The number of thiophene rings is 1. The first-order valence-corrected chi connectivity index (χ1v) is 14.9. The van der Waals surface area contributed by atoms with Gasteiger partial charge in [0.1, 0.15) is 4.83 Å². The van der Waals surface area contributed by atoms with Gasteiger partial charge in [-0.15, -0.1) is 11.3 Å². The van der Waals surface area contributed by atoms with Crippen LogP contribution >= 0.6 is 11.3 Å². The molecule has 42 heavy (non-hydrogen) atoms. The second-order valence-electron chi connectivity index (χ2n) is 10.5. The molecule has 0 saturated carbocycles. The van der Waals surface area contributed by atoms with Gasteiger partial charge in [-0.3, -0.25) is 0 Å². The Morgan fingerprint density at radius 3 is 1.90 bits per heavy atom. The molecule has 0 aliphatic carbocycles. The molecule has 2 aromatic heterocycles. The molecule has 3 heteroatoms. The van der Waals surface area contributed by atoms with E-state index in [-0.39, 0.29) is 0 Å². The van der Waals surface area contributed by atoms with Crippen LogP contribution in [0.15, 0.2) is 158 Å². The molecule has 0 amide bonds. The van der Waals surface area contributed by atoms with Gasteiger partial charge in [0.15, 0.2) is 0 Å². The molecule has 0 N–H and O–H groups in total. The summed E-state index contributed by atoms with van der Waals surface area (Å²) in [5.74, 6) is 0. The molecule has 0 fully saturated rings. The van der Waals surface area contributed by atoms with Gasteiger partial charge >= 0.3 is 0 Å². The van der Waals surface area contributed by atoms with Crippen molar-refractivity contribution in [2.24, 2.45) is 0 Å². The van der Waals surface area contributed by atoms with E-state index in [1.807, 2.05) is 12.3 Å². The van der Waals surface area contributed by atoms with Crippen molar-refractivity contribution in [3.05, 3.63) is 158 Å². The minimum absolute atomic E-state index is 1.06. The smallest absolute Gasteiger partial charge is 0.124 e. The van der Waals surface area contributed by atoms with E-state index in [1.165, 1.54) is 48.5 Å². The Labute approximate surface area is 248 Å². The molecule has 198 valence electrons. The van der Waals surface area contributed by atoms with Crippen LogP contribution in [0, 0.1) is 0 Å². The summed E-state index contributed by atoms with van der Waals surface area (Å²) in [6.07, 6.45) is 1.88. The minimum Gasteiger partial charge on any atom is -0.310 e. The Bertz CT molecular complexity index is 2180. The van der Waals surface area contributed by atoms with Gasteiger partial charge in [0.05, 0.1) is 5.69 Å². The number of rotatable bonds is 5. The Kier molecular flexibility index (Phi) is 6.02. The van der Waals surface area contributed by atoms with Crippen LogP contribution in [0.25, 0.3) is 53.3 Å². The van der Waals surface area contributed by atoms with Crippen LogP contribution in [-0.4, -0.2) is 4.98 Å². The number of anilines is 3. The lowest BCUT2D eigenvalue weighted by Gasteiger charge is -2.27. The number of hydrogen-bond acceptors (Lipinski definition) is 3. The summed E-state index contributed by atoms with van der Waals surface area (Å²) in [6.45, 7) is 0. The van der Waals surface area contributed by atoms with E-state index in [4.69, 9.17) is 0 Å². The molecule has 0 bridgehead atoms. The Balaban J connectivity index is 1.31. The average molecular weight is 555 g/mol. The molecule has 2 nitrogen and oxygen atoms in total. The summed E-state index contributed by atoms with van der Waals surface area (Å²) in [4.78, 5) is 8.13. The summed E-state index contributed by atoms with van der Waals surface area (Å²) in [7, 11) is 0. The van der Waals surface area contributed by atoms with Crippen LogP contribution in [0.2, 0.25) is 0 Å². The fourth-order valence-corrected chi connectivity index (χ4v) is 6.94. The lowest BCUT2D eigenvalue weighted by molar-refractivity contribution is 1.31. The SMILES string of the molecule is c1ccc(-c2ccc(N(c3ccc4cc(-c5ccccc5)ccc4c3)c3cccc4sc5ncccc5c34)cc2)cc1. The summed E-state index contributed by atoms with van der Waals surface area (Å²) in [6, 6.07) is 54.4. The maximum atomic E-state index is 4.68. The van der Waals surface area contributed by atoms with Gasteiger partial charge in [-0.05, 0) is 87.6 Å². The first-order valence-electron chi connectivity index (χ1n) is 14.1. The van der Waals surface area contributed by atoms with Crippen molar-refractivity contribution in [2.75, 3.05) is 4.90 Å². The Morgan fingerprint density at radius 2 is 1.12 bits per heavy atom. The predicted octanol–water partition coefficient (Wildman–Crippen LogP) is 11.4. The van der Waals surface area contributed by atoms with Crippen LogP contribution < -0.4 is 4.90 Å². The van der Waals surface area contributed by atoms with Gasteiger partial charge in [-0.25, -0.2) is 4.98 Å². The fraction of sp³-hybridized carbons (Fsp3) is 0. The third-order valence-electron chi connectivity index (χ3n) is 7.91. The van der Waals surface area contributed by atoms with Crippen LogP contribution in [0.4, 0.5) is 17.1 Å². The molecule has 0 saturated heterocycles. The van der Waals surface area contributed by atoms with Gasteiger partial charge in [0.25, 0.3) is 0 Å². The summed E-state index contributed by atoms with van der Waals surface area (Å²) in [5, 5.41) is 4.86. The number of aromatic nitrogens is 1. The van der Waals surface area contributed by atoms with E-state index in [0.29, 0.717) is 0 Å². The molecular weight excluding hydrogens is 529 g/mol. The largest absolute Gasteiger partial charge is 0.310 e. The van der Waals surface area contributed by atoms with Crippen molar-refractivity contribution in [3.8, 4) is 22.3 Å². The van der Waals surface area contributed by atoms with Gasteiger partial charge in [0, 0.05) is 33.0 Å². The molecule has 0 unspecified atom stereocenters. The number of nitrogens with zero attached hydrogens (tertiary/aromatic N) is 2. The van der Waals surface area contributed by atoms with Crippen LogP contribution in [0.1, 0.15) is 0 Å². The highest BCUT2D eigenvalue weighted by Gasteiger charge is 2.19.